The second-order valence-corrected chi connectivity index (χ2v) is 11.3. The van der Waals surface area contributed by atoms with Crippen LogP contribution in [-0.4, -0.2) is 50.1 Å². The molecule has 6 atom stereocenters. The van der Waals surface area contributed by atoms with E-state index in [9.17, 15) is 28.8 Å². The fourth-order valence-electron chi connectivity index (χ4n) is 6.78. The third-order valence-electron chi connectivity index (χ3n) is 8.83. The number of rotatable bonds is 9. The Morgan fingerprint density at radius 2 is 1.03 bits per heavy atom. The van der Waals surface area contributed by atoms with E-state index in [-0.39, 0.29) is 55.5 Å². The van der Waals surface area contributed by atoms with Crippen LogP contribution in [0.3, 0.4) is 0 Å². The smallest absolute Gasteiger partial charge is 0.247 e. The number of isocyanates is 3. The zero-order valence-electron chi connectivity index (χ0n) is 22.2. The standard InChI is InChI=1S/C27H36N6O6/c34-16-28-22-9-5-6-19(12-22)13-31-25(37)32(14-20-7-1-3-10-23(20)29-17-35)27(39)33(26(31)38)15-21-8-2-4-11-24(21)30-18-36/h19-24H,1-15H2. The van der Waals surface area contributed by atoms with Crippen molar-refractivity contribution in [3.05, 3.63) is 31.5 Å². The summed E-state index contributed by atoms with van der Waals surface area (Å²) in [6, 6.07) is -0.860. The van der Waals surface area contributed by atoms with Gasteiger partial charge in [-0.25, -0.2) is 57.4 Å². The van der Waals surface area contributed by atoms with Gasteiger partial charge in [0, 0.05) is 31.5 Å². The molecule has 12 nitrogen and oxygen atoms in total. The number of aliphatic imine (C=N–C) groups is 3. The summed E-state index contributed by atoms with van der Waals surface area (Å²) in [5, 5.41) is 0. The van der Waals surface area contributed by atoms with Crippen molar-refractivity contribution in [2.75, 3.05) is 0 Å². The van der Waals surface area contributed by atoms with Crippen molar-refractivity contribution in [3.63, 3.8) is 0 Å². The first-order valence-corrected chi connectivity index (χ1v) is 14.1. The summed E-state index contributed by atoms with van der Waals surface area (Å²) in [5.74, 6) is -0.462. The molecule has 0 saturated heterocycles. The van der Waals surface area contributed by atoms with Gasteiger partial charge < -0.3 is 0 Å². The van der Waals surface area contributed by atoms with Crippen LogP contribution in [0.1, 0.15) is 77.0 Å². The Kier molecular flexibility index (Phi) is 9.93. The Morgan fingerprint density at radius 1 is 0.564 bits per heavy atom. The highest BCUT2D eigenvalue weighted by atomic mass is 16.2. The molecule has 6 unspecified atom stereocenters. The van der Waals surface area contributed by atoms with Gasteiger partial charge >= 0.3 is 17.1 Å². The van der Waals surface area contributed by atoms with Crippen molar-refractivity contribution >= 4 is 18.2 Å². The minimum Gasteiger partial charge on any atom is -0.247 e. The summed E-state index contributed by atoms with van der Waals surface area (Å²) in [6.07, 6.45) is 14.1. The van der Waals surface area contributed by atoms with E-state index in [2.05, 4.69) is 15.0 Å². The molecule has 0 aliphatic heterocycles. The van der Waals surface area contributed by atoms with Crippen molar-refractivity contribution in [1.82, 2.24) is 13.7 Å². The number of hydrogen-bond donors (Lipinski definition) is 0. The van der Waals surface area contributed by atoms with E-state index in [1.807, 2.05) is 0 Å². The molecule has 39 heavy (non-hydrogen) atoms. The first kappa shape index (κ1) is 28.6. The van der Waals surface area contributed by atoms with Gasteiger partial charge in [-0.2, -0.15) is 0 Å². The van der Waals surface area contributed by atoms with Gasteiger partial charge in [-0.05, 0) is 50.9 Å². The van der Waals surface area contributed by atoms with Crippen LogP contribution in [-0.2, 0) is 34.0 Å². The summed E-state index contributed by atoms with van der Waals surface area (Å²) in [6.45, 7) is 0.220. The molecule has 0 spiro atoms. The van der Waals surface area contributed by atoms with E-state index >= 15 is 0 Å². The predicted molar refractivity (Wildman–Crippen MR) is 141 cm³/mol. The lowest BCUT2D eigenvalue weighted by Crippen LogP contribution is -2.57. The van der Waals surface area contributed by atoms with E-state index < -0.39 is 17.1 Å². The van der Waals surface area contributed by atoms with Crippen LogP contribution in [0, 0.1) is 17.8 Å². The Morgan fingerprint density at radius 3 is 1.51 bits per heavy atom. The molecular weight excluding hydrogens is 504 g/mol. The molecule has 3 aliphatic carbocycles. The minimum atomic E-state index is -0.688. The molecule has 210 valence electrons. The average Bonchev–Trinajstić information content (AvgIpc) is 2.94. The fraction of sp³-hybridized carbons (Fsp3) is 0.778. The highest BCUT2D eigenvalue weighted by Crippen LogP contribution is 2.29. The lowest BCUT2D eigenvalue weighted by Gasteiger charge is -2.30. The molecule has 0 N–H and O–H groups in total. The Labute approximate surface area is 225 Å². The summed E-state index contributed by atoms with van der Waals surface area (Å²) in [7, 11) is 0. The summed E-state index contributed by atoms with van der Waals surface area (Å²) >= 11 is 0. The topological polar surface area (TPSA) is 154 Å². The van der Waals surface area contributed by atoms with E-state index in [0.29, 0.717) is 32.1 Å². The minimum absolute atomic E-state index is 0.0527. The van der Waals surface area contributed by atoms with Crippen molar-refractivity contribution in [2.24, 2.45) is 32.7 Å². The van der Waals surface area contributed by atoms with Gasteiger partial charge in [0.2, 0.25) is 18.2 Å². The Bertz CT molecular complexity index is 1270. The van der Waals surface area contributed by atoms with Crippen LogP contribution in [0.5, 0.6) is 0 Å². The number of nitrogens with zero attached hydrogens (tertiary/aromatic N) is 6. The number of carbonyl (C=O) groups excluding carboxylic acids is 3. The predicted octanol–water partition coefficient (Wildman–Crippen LogP) is 1.86. The molecule has 3 saturated carbocycles. The summed E-state index contributed by atoms with van der Waals surface area (Å²) < 4.78 is 3.38. The fourth-order valence-corrected chi connectivity index (χ4v) is 6.78. The lowest BCUT2D eigenvalue weighted by atomic mass is 9.84. The van der Waals surface area contributed by atoms with Crippen molar-refractivity contribution in [3.8, 4) is 0 Å². The molecular formula is C27H36N6O6. The normalized spacial score (nSPS) is 28.9. The molecule has 0 aromatic carbocycles. The monoisotopic (exact) mass is 540 g/mol. The van der Waals surface area contributed by atoms with Gasteiger partial charge in [0.05, 0.1) is 18.1 Å². The zero-order valence-corrected chi connectivity index (χ0v) is 22.2. The molecule has 1 heterocycles. The van der Waals surface area contributed by atoms with Gasteiger partial charge in [-0.1, -0.05) is 32.1 Å². The van der Waals surface area contributed by atoms with Crippen LogP contribution in [0.4, 0.5) is 0 Å². The first-order valence-electron chi connectivity index (χ1n) is 14.1. The molecule has 12 heteroatoms. The highest BCUT2D eigenvalue weighted by molar-refractivity contribution is 5.34. The SMILES string of the molecule is O=C=NC1CCCC(Cn2c(=O)n(CC3CCCCC3N=C=O)c(=O)n(CC3CCCCC3N=C=O)c2=O)C1. The van der Waals surface area contributed by atoms with Crippen molar-refractivity contribution < 1.29 is 14.4 Å². The Balaban J connectivity index is 1.75. The maximum Gasteiger partial charge on any atom is 0.336 e. The molecule has 0 amide bonds. The van der Waals surface area contributed by atoms with Gasteiger partial charge in [-0.15, -0.1) is 0 Å². The summed E-state index contributed by atoms with van der Waals surface area (Å²) in [5.41, 5.74) is -2.03. The second-order valence-electron chi connectivity index (χ2n) is 11.3. The second kappa shape index (κ2) is 13.6. The van der Waals surface area contributed by atoms with E-state index in [1.165, 1.54) is 0 Å². The van der Waals surface area contributed by atoms with E-state index in [1.54, 1.807) is 18.2 Å². The molecule has 1 aromatic rings. The average molecular weight is 541 g/mol. The van der Waals surface area contributed by atoms with Crippen LogP contribution < -0.4 is 17.1 Å². The Hall–Kier alpha value is -3.45. The van der Waals surface area contributed by atoms with E-state index in [0.717, 1.165) is 58.6 Å². The molecule has 0 radical (unpaired) electrons. The van der Waals surface area contributed by atoms with Crippen molar-refractivity contribution in [1.29, 1.82) is 0 Å². The van der Waals surface area contributed by atoms with Crippen LogP contribution in [0.2, 0.25) is 0 Å². The first-order chi connectivity index (χ1) is 19.0. The van der Waals surface area contributed by atoms with Crippen LogP contribution in [0.25, 0.3) is 0 Å². The van der Waals surface area contributed by atoms with Crippen LogP contribution >= 0.6 is 0 Å². The lowest BCUT2D eigenvalue weighted by molar-refractivity contribution is 0.234. The van der Waals surface area contributed by atoms with Crippen LogP contribution in [0.15, 0.2) is 29.4 Å². The third-order valence-corrected chi connectivity index (χ3v) is 8.83. The molecule has 3 fully saturated rings. The molecule has 1 aromatic heterocycles. The van der Waals surface area contributed by atoms with E-state index in [4.69, 9.17) is 0 Å². The maximum absolute atomic E-state index is 13.7. The highest BCUT2D eigenvalue weighted by Gasteiger charge is 2.31. The van der Waals surface area contributed by atoms with Gasteiger partial charge in [-0.3, -0.25) is 0 Å². The third kappa shape index (κ3) is 6.77. The summed E-state index contributed by atoms with van der Waals surface area (Å²) in [4.78, 5) is 85.7. The molecule has 0 bridgehead atoms. The molecule has 3 aliphatic rings. The quantitative estimate of drug-likeness (QED) is 0.344. The maximum atomic E-state index is 13.7. The number of aromatic nitrogens is 3. The van der Waals surface area contributed by atoms with Gasteiger partial charge in [0.25, 0.3) is 0 Å². The number of hydrogen-bond acceptors (Lipinski definition) is 9. The zero-order chi connectivity index (χ0) is 27.8. The van der Waals surface area contributed by atoms with Crippen molar-refractivity contribution in [2.45, 2.75) is 115 Å². The molecule has 4 rings (SSSR count). The largest absolute Gasteiger partial charge is 0.336 e. The van der Waals surface area contributed by atoms with Gasteiger partial charge in [0.15, 0.2) is 0 Å². The van der Waals surface area contributed by atoms with Gasteiger partial charge in [0.1, 0.15) is 0 Å².